The van der Waals surface area contributed by atoms with Crippen LogP contribution in [0.15, 0.2) is 140 Å². The molecule has 3 aliphatic rings. The first kappa shape index (κ1) is 41.8. The highest BCUT2D eigenvalue weighted by Gasteiger charge is 2.38. The van der Waals surface area contributed by atoms with Gasteiger partial charge in [-0.3, -0.25) is 4.79 Å². The van der Waals surface area contributed by atoms with Crippen LogP contribution in [0.4, 0.5) is 11.5 Å². The predicted octanol–water partition coefficient (Wildman–Crippen LogP) is 8.47. The molecule has 0 bridgehead atoms. The minimum atomic E-state index is -0.900. The van der Waals surface area contributed by atoms with Gasteiger partial charge in [-0.05, 0) is 73.5 Å². The number of amides is 1. The van der Waals surface area contributed by atoms with E-state index in [0.717, 1.165) is 66.1 Å². The van der Waals surface area contributed by atoms with Crippen molar-refractivity contribution in [2.75, 3.05) is 62.8 Å². The lowest BCUT2D eigenvalue weighted by molar-refractivity contribution is -0.128. The van der Waals surface area contributed by atoms with Crippen LogP contribution in [-0.4, -0.2) is 90.7 Å². The van der Waals surface area contributed by atoms with Crippen LogP contribution in [0.2, 0.25) is 0 Å². The van der Waals surface area contributed by atoms with Crippen molar-refractivity contribution in [3.63, 3.8) is 0 Å². The molecule has 0 spiro atoms. The Labute approximate surface area is 371 Å². The Morgan fingerprint density at radius 1 is 0.810 bits per heavy atom. The summed E-state index contributed by atoms with van der Waals surface area (Å²) >= 11 is 0. The van der Waals surface area contributed by atoms with E-state index in [1.54, 1.807) is 12.2 Å². The van der Waals surface area contributed by atoms with Crippen LogP contribution in [0, 0.1) is 18.3 Å². The fraction of sp³-hybridized carbons (Fsp3) is 0.321. The highest BCUT2D eigenvalue weighted by Crippen LogP contribution is 2.41. The second kappa shape index (κ2) is 18.8. The summed E-state index contributed by atoms with van der Waals surface area (Å²) in [6.07, 6.45) is 6.61. The molecule has 2 atom stereocenters. The molecule has 0 N–H and O–H groups in total. The number of fused-ring (bicyclic) bond motifs is 2. The second-order valence-electron chi connectivity index (χ2n) is 17.0. The van der Waals surface area contributed by atoms with Gasteiger partial charge in [-0.15, -0.1) is 0 Å². The van der Waals surface area contributed by atoms with Crippen LogP contribution in [-0.2, 0) is 28.1 Å². The Kier molecular flexibility index (Phi) is 12.5. The van der Waals surface area contributed by atoms with Crippen LogP contribution >= 0.6 is 0 Å². The highest BCUT2D eigenvalue weighted by atomic mass is 16.5. The summed E-state index contributed by atoms with van der Waals surface area (Å²) in [5.41, 5.74) is 6.61. The van der Waals surface area contributed by atoms with E-state index in [2.05, 4.69) is 108 Å². The number of nitrogens with zero attached hydrogens (tertiary/aromatic N) is 7. The number of carbonyl (C=O) groups is 1. The second-order valence-corrected chi connectivity index (χ2v) is 17.0. The maximum absolute atomic E-state index is 14.1. The third kappa shape index (κ3) is 8.64. The molecular weight excluding hydrogens is 783 g/mol. The smallest absolute Gasteiger partial charge is 0.318 e. The molecule has 1 amide bonds. The fourth-order valence-electron chi connectivity index (χ4n) is 9.85. The molecule has 5 aromatic carbocycles. The molecule has 0 saturated carbocycles. The first-order valence-corrected chi connectivity index (χ1v) is 22.3. The number of piperazine rings is 1. The summed E-state index contributed by atoms with van der Waals surface area (Å²) in [6, 6.07) is 46.4. The van der Waals surface area contributed by atoms with Crippen molar-refractivity contribution in [1.29, 1.82) is 5.26 Å². The van der Waals surface area contributed by atoms with E-state index in [-0.39, 0.29) is 25.0 Å². The third-order valence-corrected chi connectivity index (χ3v) is 13.1. The Hall–Kier alpha value is -6.54. The van der Waals surface area contributed by atoms with E-state index in [1.807, 2.05) is 59.5 Å². The molecule has 0 radical (unpaired) electrons. The number of aryl methyl sites for hydroxylation is 1. The van der Waals surface area contributed by atoms with Gasteiger partial charge in [-0.2, -0.15) is 15.2 Å². The predicted molar refractivity (Wildman–Crippen MR) is 249 cm³/mol. The van der Waals surface area contributed by atoms with Gasteiger partial charge in [0.2, 0.25) is 5.91 Å². The van der Waals surface area contributed by atoms with E-state index in [0.29, 0.717) is 44.8 Å². The van der Waals surface area contributed by atoms with E-state index < -0.39 is 5.60 Å². The number of rotatable bonds is 13. The summed E-state index contributed by atoms with van der Waals surface area (Å²) in [4.78, 5) is 33.1. The minimum Gasteiger partial charge on any atom is -0.462 e. The molecule has 10 nitrogen and oxygen atoms in total. The average Bonchev–Trinajstić information content (AvgIpc) is 3.75. The summed E-state index contributed by atoms with van der Waals surface area (Å²) in [5, 5.41) is 12.6. The van der Waals surface area contributed by atoms with Gasteiger partial charge < -0.3 is 29.1 Å². The normalized spacial score (nSPS) is 18.1. The van der Waals surface area contributed by atoms with Gasteiger partial charge in [0.25, 0.3) is 0 Å². The van der Waals surface area contributed by atoms with Gasteiger partial charge in [-0.25, -0.2) is 0 Å². The van der Waals surface area contributed by atoms with Gasteiger partial charge in [0, 0.05) is 54.9 Å². The lowest BCUT2D eigenvalue weighted by atomic mass is 9.80. The van der Waals surface area contributed by atoms with Crippen molar-refractivity contribution < 1.29 is 14.3 Å². The average molecular weight is 838 g/mol. The number of anilines is 2. The standard InChI is InChI=1S/C53H55N7O3/c1-39-16-12-17-40-18-13-26-48(50(39)40)58-32-29-46-47(37-58)55-52(62-38-45-25-14-31-57(45)2)56-51(46)59-33-34-60(44(36-59)28-30-54)49(61)27-15-35-63-53(41-19-6-3-7-20-41,42-21-8-4-9-22-42)43-23-10-5-11-24-43/h3-13,15-24,26-27,44-45H,14,25,28-29,31-38H2,1-2H3/b27-15+/t44-,45+/m0/s1. The molecule has 320 valence electrons. The molecule has 2 saturated heterocycles. The summed E-state index contributed by atoms with van der Waals surface area (Å²) < 4.78 is 13.3. The molecule has 0 aliphatic carbocycles. The number of ether oxygens (including phenoxy) is 2. The fourth-order valence-corrected chi connectivity index (χ4v) is 9.85. The van der Waals surface area contributed by atoms with Crippen molar-refractivity contribution in [3.8, 4) is 12.1 Å². The van der Waals surface area contributed by atoms with Crippen LogP contribution in [0.5, 0.6) is 6.01 Å². The Morgan fingerprint density at radius 2 is 1.49 bits per heavy atom. The SMILES string of the molecule is Cc1cccc2cccc(N3CCc4c(nc(OC[C@H]5CCCN5C)nc4N4CCN(C(=O)/C=C/COC(c5ccccc5)(c5ccccc5)c5ccccc5)[C@@H](CC#N)C4)C3)c12. The quantitative estimate of drug-likeness (QED) is 0.0839. The lowest BCUT2D eigenvalue weighted by Crippen LogP contribution is -2.55. The molecular formula is C53H55N7O3. The summed E-state index contributed by atoms with van der Waals surface area (Å²) in [6.45, 7) is 6.89. The first-order valence-electron chi connectivity index (χ1n) is 22.3. The largest absolute Gasteiger partial charge is 0.462 e. The topological polar surface area (TPSA) is 98.1 Å². The number of hydrogen-bond acceptors (Lipinski definition) is 9. The van der Waals surface area contributed by atoms with E-state index in [4.69, 9.17) is 19.4 Å². The molecule has 1 aromatic heterocycles. The highest BCUT2D eigenvalue weighted by molar-refractivity contribution is 5.97. The summed E-state index contributed by atoms with van der Waals surface area (Å²) in [7, 11) is 2.15. The molecule has 6 aromatic rings. The van der Waals surface area contributed by atoms with Gasteiger partial charge >= 0.3 is 6.01 Å². The molecule has 9 rings (SSSR count). The van der Waals surface area contributed by atoms with Crippen molar-refractivity contribution >= 4 is 28.2 Å². The van der Waals surface area contributed by atoms with Crippen LogP contribution in [0.25, 0.3) is 10.8 Å². The first-order chi connectivity index (χ1) is 30.9. The number of hydrogen-bond donors (Lipinski definition) is 0. The Bertz CT molecular complexity index is 2500. The number of nitriles is 1. The molecule has 3 aliphatic heterocycles. The van der Waals surface area contributed by atoms with Gasteiger partial charge in [0.1, 0.15) is 18.0 Å². The number of benzene rings is 5. The van der Waals surface area contributed by atoms with Crippen molar-refractivity contribution in [2.45, 2.75) is 56.8 Å². The minimum absolute atomic E-state index is 0.140. The zero-order valence-electron chi connectivity index (χ0n) is 36.3. The monoisotopic (exact) mass is 837 g/mol. The zero-order chi connectivity index (χ0) is 43.2. The molecule has 0 unspecified atom stereocenters. The van der Waals surface area contributed by atoms with Crippen LogP contribution < -0.4 is 14.5 Å². The Morgan fingerprint density at radius 3 is 2.14 bits per heavy atom. The lowest BCUT2D eigenvalue weighted by Gasteiger charge is -2.42. The Balaban J connectivity index is 0.955. The number of likely N-dealkylation sites (N-methyl/N-ethyl adjacent to an activating group) is 1. The summed E-state index contributed by atoms with van der Waals surface area (Å²) in [5.74, 6) is 0.709. The maximum atomic E-state index is 14.1. The van der Waals surface area contributed by atoms with Crippen molar-refractivity contribution in [2.24, 2.45) is 0 Å². The van der Waals surface area contributed by atoms with E-state index in [9.17, 15) is 10.1 Å². The van der Waals surface area contributed by atoms with Crippen molar-refractivity contribution in [1.82, 2.24) is 19.8 Å². The van der Waals surface area contributed by atoms with Gasteiger partial charge in [0.15, 0.2) is 0 Å². The molecule has 10 heteroatoms. The van der Waals surface area contributed by atoms with Crippen molar-refractivity contribution in [3.05, 3.63) is 173 Å². The number of aromatic nitrogens is 2. The van der Waals surface area contributed by atoms with E-state index >= 15 is 0 Å². The van der Waals surface area contributed by atoms with Gasteiger partial charge in [0.05, 0.1) is 37.4 Å². The molecule has 2 fully saturated rings. The van der Waals surface area contributed by atoms with Crippen LogP contribution in [0.3, 0.4) is 0 Å². The maximum Gasteiger partial charge on any atom is 0.318 e. The van der Waals surface area contributed by atoms with E-state index in [1.165, 1.54) is 22.0 Å². The number of likely N-dealkylation sites (tertiary alicyclic amines) is 1. The molecule has 63 heavy (non-hydrogen) atoms. The van der Waals surface area contributed by atoms with Gasteiger partial charge in [-0.1, -0.05) is 127 Å². The zero-order valence-corrected chi connectivity index (χ0v) is 36.3. The number of carbonyl (C=O) groups excluding carboxylic acids is 1. The molecule has 4 heterocycles. The third-order valence-electron chi connectivity index (χ3n) is 13.1. The van der Waals surface area contributed by atoms with Crippen LogP contribution in [0.1, 0.15) is 52.8 Å².